The summed E-state index contributed by atoms with van der Waals surface area (Å²) >= 11 is 0. The number of nitrogens with one attached hydrogen (secondary N) is 1. The molecule has 0 saturated carbocycles. The lowest BCUT2D eigenvalue weighted by Gasteiger charge is -2.31. The number of hydrogen-bond acceptors (Lipinski definition) is 2. The van der Waals surface area contributed by atoms with Crippen molar-refractivity contribution in [1.82, 2.24) is 14.9 Å². The van der Waals surface area contributed by atoms with Crippen LogP contribution in [0.3, 0.4) is 0 Å². The van der Waals surface area contributed by atoms with Gasteiger partial charge in [0.05, 0.1) is 0 Å². The third-order valence-electron chi connectivity index (χ3n) is 5.11. The summed E-state index contributed by atoms with van der Waals surface area (Å²) in [6, 6.07) is 11.1. The number of hydrogen-bond donors (Lipinski definition) is 1. The predicted molar refractivity (Wildman–Crippen MR) is 109 cm³/mol. The standard InChI is InChI=1S/C20H22FN3.2ClH/c21-16-4-5-20-18(13-16)19(14-23-20)15-6-10-24(11-7-15)12-8-17-3-1-2-9-22-17;;/h1-5,9,13-15,23H,6-8,10-12H2;2*1H. The van der Waals surface area contributed by atoms with E-state index in [0.717, 1.165) is 55.5 Å². The zero-order chi connectivity index (χ0) is 16.4. The Bertz CT molecular complexity index is 814. The van der Waals surface area contributed by atoms with Gasteiger partial charge in [-0.1, -0.05) is 6.07 Å². The highest BCUT2D eigenvalue weighted by atomic mass is 35.5. The topological polar surface area (TPSA) is 31.9 Å². The normalized spacial score (nSPS) is 15.4. The number of benzene rings is 1. The second kappa shape index (κ2) is 9.36. The number of aromatic amines is 1. The first kappa shape index (κ1) is 20.7. The van der Waals surface area contributed by atoms with Gasteiger partial charge in [-0.3, -0.25) is 4.98 Å². The van der Waals surface area contributed by atoms with E-state index in [9.17, 15) is 4.39 Å². The molecule has 6 heteroatoms. The number of H-pyrrole nitrogens is 1. The molecule has 2 aromatic heterocycles. The largest absolute Gasteiger partial charge is 0.361 e. The second-order valence-electron chi connectivity index (χ2n) is 6.62. The van der Waals surface area contributed by atoms with Crippen molar-refractivity contribution >= 4 is 35.7 Å². The van der Waals surface area contributed by atoms with E-state index in [1.54, 1.807) is 6.07 Å². The van der Waals surface area contributed by atoms with Gasteiger partial charge < -0.3 is 9.88 Å². The summed E-state index contributed by atoms with van der Waals surface area (Å²) in [7, 11) is 0. The molecule has 4 rings (SSSR count). The van der Waals surface area contributed by atoms with Crippen LogP contribution in [0.2, 0.25) is 0 Å². The number of fused-ring (bicyclic) bond motifs is 1. The molecule has 1 aromatic carbocycles. The van der Waals surface area contributed by atoms with Gasteiger partial charge >= 0.3 is 0 Å². The first-order chi connectivity index (χ1) is 11.8. The molecular weight excluding hydrogens is 372 g/mol. The zero-order valence-electron chi connectivity index (χ0n) is 14.5. The highest BCUT2D eigenvalue weighted by Gasteiger charge is 2.22. The van der Waals surface area contributed by atoms with Crippen molar-refractivity contribution in [2.24, 2.45) is 0 Å². The molecule has 1 aliphatic rings. The van der Waals surface area contributed by atoms with Gasteiger partial charge in [-0.15, -0.1) is 24.8 Å². The predicted octanol–water partition coefficient (Wildman–Crippen LogP) is 4.97. The van der Waals surface area contributed by atoms with Crippen LogP contribution in [0.5, 0.6) is 0 Å². The van der Waals surface area contributed by atoms with E-state index >= 15 is 0 Å². The molecule has 3 nitrogen and oxygen atoms in total. The fraction of sp³-hybridized carbons (Fsp3) is 0.350. The molecule has 140 valence electrons. The molecule has 0 unspecified atom stereocenters. The Morgan fingerprint density at radius 2 is 1.92 bits per heavy atom. The SMILES string of the molecule is Cl.Cl.Fc1ccc2[nH]cc(C3CCN(CCc4ccccn4)CC3)c2c1. The van der Waals surface area contributed by atoms with Crippen LogP contribution in [-0.4, -0.2) is 34.5 Å². The summed E-state index contributed by atoms with van der Waals surface area (Å²) in [4.78, 5) is 10.2. The Balaban J connectivity index is 0.00000121. The lowest BCUT2D eigenvalue weighted by atomic mass is 9.89. The molecule has 1 N–H and O–H groups in total. The van der Waals surface area contributed by atoms with Gasteiger partial charge in [-0.05, 0) is 67.7 Å². The van der Waals surface area contributed by atoms with Crippen molar-refractivity contribution in [2.45, 2.75) is 25.2 Å². The van der Waals surface area contributed by atoms with Crippen molar-refractivity contribution in [2.75, 3.05) is 19.6 Å². The summed E-state index contributed by atoms with van der Waals surface area (Å²) in [6.07, 6.45) is 7.19. The lowest BCUT2D eigenvalue weighted by molar-refractivity contribution is 0.214. The highest BCUT2D eigenvalue weighted by molar-refractivity contribution is 5.85. The molecule has 1 fully saturated rings. The van der Waals surface area contributed by atoms with E-state index in [1.807, 2.05) is 24.4 Å². The van der Waals surface area contributed by atoms with Crippen LogP contribution in [-0.2, 0) is 6.42 Å². The molecule has 0 aliphatic carbocycles. The second-order valence-corrected chi connectivity index (χ2v) is 6.62. The van der Waals surface area contributed by atoms with Gasteiger partial charge in [0.15, 0.2) is 0 Å². The lowest BCUT2D eigenvalue weighted by Crippen LogP contribution is -2.34. The highest BCUT2D eigenvalue weighted by Crippen LogP contribution is 2.33. The number of nitrogens with zero attached hydrogens (tertiary/aromatic N) is 2. The smallest absolute Gasteiger partial charge is 0.123 e. The van der Waals surface area contributed by atoms with Crippen LogP contribution in [0.25, 0.3) is 10.9 Å². The monoisotopic (exact) mass is 395 g/mol. The molecule has 0 bridgehead atoms. The Morgan fingerprint density at radius 1 is 1.12 bits per heavy atom. The third-order valence-corrected chi connectivity index (χ3v) is 5.11. The van der Waals surface area contributed by atoms with Crippen LogP contribution in [0.4, 0.5) is 4.39 Å². The van der Waals surface area contributed by atoms with Crippen molar-refractivity contribution < 1.29 is 4.39 Å². The third kappa shape index (κ3) is 4.56. The number of rotatable bonds is 4. The van der Waals surface area contributed by atoms with Gasteiger partial charge in [-0.2, -0.15) is 0 Å². The van der Waals surface area contributed by atoms with Gasteiger partial charge in [0.25, 0.3) is 0 Å². The van der Waals surface area contributed by atoms with Crippen LogP contribution in [0.1, 0.15) is 30.0 Å². The number of likely N-dealkylation sites (tertiary alicyclic amines) is 1. The fourth-order valence-electron chi connectivity index (χ4n) is 3.74. The molecule has 0 spiro atoms. The Kier molecular flexibility index (Phi) is 7.44. The van der Waals surface area contributed by atoms with E-state index < -0.39 is 0 Å². The number of piperidine rings is 1. The number of halogens is 3. The van der Waals surface area contributed by atoms with Crippen molar-refractivity contribution in [3.63, 3.8) is 0 Å². The average molecular weight is 396 g/mol. The maximum absolute atomic E-state index is 13.6. The molecule has 0 radical (unpaired) electrons. The summed E-state index contributed by atoms with van der Waals surface area (Å²) in [5, 5.41) is 1.04. The maximum Gasteiger partial charge on any atom is 0.123 e. The zero-order valence-corrected chi connectivity index (χ0v) is 16.2. The molecule has 0 amide bonds. The Morgan fingerprint density at radius 3 is 2.65 bits per heavy atom. The van der Waals surface area contributed by atoms with Crippen molar-refractivity contribution in [1.29, 1.82) is 0 Å². The summed E-state index contributed by atoms with van der Waals surface area (Å²) < 4.78 is 13.6. The first-order valence-electron chi connectivity index (χ1n) is 8.68. The molecule has 3 heterocycles. The molecule has 3 aromatic rings. The summed E-state index contributed by atoms with van der Waals surface area (Å²) in [6.45, 7) is 3.26. The molecule has 1 saturated heterocycles. The van der Waals surface area contributed by atoms with Gasteiger partial charge in [0.1, 0.15) is 5.82 Å². The first-order valence-corrected chi connectivity index (χ1v) is 8.68. The minimum atomic E-state index is -0.156. The minimum absolute atomic E-state index is 0. The number of pyridine rings is 1. The maximum atomic E-state index is 13.6. The summed E-state index contributed by atoms with van der Waals surface area (Å²) in [5.41, 5.74) is 3.46. The van der Waals surface area contributed by atoms with Crippen LogP contribution in [0, 0.1) is 5.82 Å². The molecular formula is C20H24Cl2FN3. The molecule has 0 atom stereocenters. The van der Waals surface area contributed by atoms with E-state index in [1.165, 1.54) is 11.6 Å². The van der Waals surface area contributed by atoms with Crippen LogP contribution >= 0.6 is 24.8 Å². The fourth-order valence-corrected chi connectivity index (χ4v) is 3.74. The quantitative estimate of drug-likeness (QED) is 0.676. The van der Waals surface area contributed by atoms with E-state index in [-0.39, 0.29) is 30.6 Å². The van der Waals surface area contributed by atoms with Gasteiger partial charge in [0.2, 0.25) is 0 Å². The van der Waals surface area contributed by atoms with Gasteiger partial charge in [-0.25, -0.2) is 4.39 Å². The van der Waals surface area contributed by atoms with Crippen LogP contribution < -0.4 is 0 Å². The minimum Gasteiger partial charge on any atom is -0.361 e. The van der Waals surface area contributed by atoms with E-state index in [4.69, 9.17) is 0 Å². The Labute approximate surface area is 165 Å². The van der Waals surface area contributed by atoms with Crippen molar-refractivity contribution in [3.8, 4) is 0 Å². The van der Waals surface area contributed by atoms with Crippen molar-refractivity contribution in [3.05, 3.63) is 65.9 Å². The number of aromatic nitrogens is 2. The van der Waals surface area contributed by atoms with E-state index in [0.29, 0.717) is 5.92 Å². The summed E-state index contributed by atoms with van der Waals surface area (Å²) in [5.74, 6) is 0.364. The molecule has 26 heavy (non-hydrogen) atoms. The molecule has 1 aliphatic heterocycles. The van der Waals surface area contributed by atoms with Gasteiger partial charge in [0, 0.05) is 42.0 Å². The van der Waals surface area contributed by atoms with E-state index in [2.05, 4.69) is 27.1 Å². The Hall–Kier alpha value is -1.62. The average Bonchev–Trinajstić information content (AvgIpc) is 3.04. The van der Waals surface area contributed by atoms with Crippen LogP contribution in [0.15, 0.2) is 48.8 Å².